The molecule has 5 nitrogen and oxygen atoms in total. The molecule has 8 aromatic rings. The second-order valence-corrected chi connectivity index (χ2v) is 16.0. The van der Waals surface area contributed by atoms with Gasteiger partial charge in [0.05, 0.1) is 22.5 Å². The molecular formula is C49H44N4O. The molecule has 5 heteroatoms. The van der Waals surface area contributed by atoms with Gasteiger partial charge in [0.25, 0.3) is 0 Å². The van der Waals surface area contributed by atoms with E-state index in [2.05, 4.69) is 155 Å². The second kappa shape index (κ2) is 13.6. The van der Waals surface area contributed by atoms with Gasteiger partial charge < -0.3 is 5.11 Å². The molecule has 0 bridgehead atoms. The van der Waals surface area contributed by atoms with Gasteiger partial charge in [0.1, 0.15) is 17.1 Å². The SMILES string of the molecule is CC(C)(C)c1cc(-c2nc3c(-c4cccc(-c5cc(-c6ccc(-c7ccccc7)cc6)ccn5)c4)nccc3n2-c2ccccc2)c(O)c(C(C)(C)C)c1. The number of phenolic OH excluding ortho intramolecular Hbond substituents is 1. The molecule has 0 aliphatic carbocycles. The molecule has 0 radical (unpaired) electrons. The van der Waals surface area contributed by atoms with E-state index < -0.39 is 0 Å². The first-order valence-electron chi connectivity index (χ1n) is 18.5. The number of hydrogen-bond donors (Lipinski definition) is 1. The molecule has 0 aliphatic heterocycles. The Morgan fingerprint density at radius 1 is 0.519 bits per heavy atom. The van der Waals surface area contributed by atoms with Crippen LogP contribution in [0.3, 0.4) is 0 Å². The third-order valence-electron chi connectivity index (χ3n) is 10.1. The van der Waals surface area contributed by atoms with Crippen molar-refractivity contribution >= 4 is 11.0 Å². The summed E-state index contributed by atoms with van der Waals surface area (Å²) in [5.41, 5.74) is 13.1. The number of aromatic hydroxyl groups is 1. The molecule has 266 valence electrons. The topological polar surface area (TPSA) is 63.8 Å². The molecule has 1 N–H and O–H groups in total. The largest absolute Gasteiger partial charge is 0.507 e. The molecule has 0 fully saturated rings. The second-order valence-electron chi connectivity index (χ2n) is 16.0. The monoisotopic (exact) mass is 704 g/mol. The molecule has 0 aliphatic rings. The maximum Gasteiger partial charge on any atom is 0.149 e. The summed E-state index contributed by atoms with van der Waals surface area (Å²) in [6, 6.07) is 48.2. The van der Waals surface area contributed by atoms with Crippen LogP contribution in [0.1, 0.15) is 52.7 Å². The van der Waals surface area contributed by atoms with Crippen molar-refractivity contribution in [2.75, 3.05) is 0 Å². The molecule has 0 saturated heterocycles. The van der Waals surface area contributed by atoms with Gasteiger partial charge in [0.2, 0.25) is 0 Å². The van der Waals surface area contributed by atoms with E-state index >= 15 is 0 Å². The van der Waals surface area contributed by atoms with Gasteiger partial charge in [-0.3, -0.25) is 14.5 Å². The lowest BCUT2D eigenvalue weighted by Crippen LogP contribution is -2.17. The number of pyridine rings is 2. The summed E-state index contributed by atoms with van der Waals surface area (Å²) in [5, 5.41) is 12.0. The molecule has 3 aromatic heterocycles. The number of para-hydroxylation sites is 1. The van der Waals surface area contributed by atoms with Crippen LogP contribution in [0.4, 0.5) is 0 Å². The van der Waals surface area contributed by atoms with Crippen LogP contribution in [0.2, 0.25) is 0 Å². The van der Waals surface area contributed by atoms with Crippen molar-refractivity contribution < 1.29 is 5.11 Å². The Labute approximate surface area is 317 Å². The molecule has 3 heterocycles. The lowest BCUT2D eigenvalue weighted by atomic mass is 9.79. The molecule has 0 spiro atoms. The highest BCUT2D eigenvalue weighted by Crippen LogP contribution is 2.44. The van der Waals surface area contributed by atoms with Crippen LogP contribution >= 0.6 is 0 Å². The van der Waals surface area contributed by atoms with Gasteiger partial charge in [-0.05, 0) is 81.1 Å². The molecule has 0 saturated carbocycles. The van der Waals surface area contributed by atoms with Crippen LogP contribution in [0.5, 0.6) is 5.75 Å². The Morgan fingerprint density at radius 3 is 1.81 bits per heavy atom. The van der Waals surface area contributed by atoms with E-state index in [1.165, 1.54) is 11.1 Å². The van der Waals surface area contributed by atoms with Crippen LogP contribution in [-0.4, -0.2) is 24.6 Å². The van der Waals surface area contributed by atoms with Crippen molar-refractivity contribution in [3.8, 4) is 67.6 Å². The van der Waals surface area contributed by atoms with Crippen LogP contribution in [0, 0.1) is 0 Å². The summed E-state index contributed by atoms with van der Waals surface area (Å²) in [4.78, 5) is 15.1. The Hall–Kier alpha value is -6.33. The number of phenols is 1. The summed E-state index contributed by atoms with van der Waals surface area (Å²) in [5.74, 6) is 0.920. The van der Waals surface area contributed by atoms with Crippen molar-refractivity contribution in [1.29, 1.82) is 0 Å². The first-order chi connectivity index (χ1) is 26.0. The predicted molar refractivity (Wildman–Crippen MR) is 223 cm³/mol. The van der Waals surface area contributed by atoms with Gasteiger partial charge in [-0.15, -0.1) is 0 Å². The van der Waals surface area contributed by atoms with E-state index in [-0.39, 0.29) is 16.6 Å². The Morgan fingerprint density at radius 2 is 1.13 bits per heavy atom. The minimum Gasteiger partial charge on any atom is -0.507 e. The van der Waals surface area contributed by atoms with Crippen molar-refractivity contribution in [1.82, 2.24) is 19.5 Å². The van der Waals surface area contributed by atoms with Crippen LogP contribution in [0.15, 0.2) is 152 Å². The minimum atomic E-state index is -0.284. The smallest absolute Gasteiger partial charge is 0.149 e. The van der Waals surface area contributed by atoms with Gasteiger partial charge in [-0.25, -0.2) is 4.98 Å². The maximum absolute atomic E-state index is 12.0. The van der Waals surface area contributed by atoms with Crippen LogP contribution in [0.25, 0.3) is 72.9 Å². The zero-order chi connectivity index (χ0) is 37.6. The fraction of sp³-hybridized carbons (Fsp3) is 0.163. The van der Waals surface area contributed by atoms with E-state index in [1.807, 2.05) is 42.7 Å². The van der Waals surface area contributed by atoms with Crippen molar-refractivity contribution in [3.63, 3.8) is 0 Å². The first kappa shape index (κ1) is 34.7. The van der Waals surface area contributed by atoms with E-state index in [0.29, 0.717) is 11.4 Å². The van der Waals surface area contributed by atoms with Gasteiger partial charge in [-0.2, -0.15) is 0 Å². The van der Waals surface area contributed by atoms with Crippen molar-refractivity contribution in [2.45, 2.75) is 52.4 Å². The average molecular weight is 705 g/mol. The van der Waals surface area contributed by atoms with Crippen molar-refractivity contribution in [2.24, 2.45) is 0 Å². The summed E-state index contributed by atoms with van der Waals surface area (Å²) in [6.45, 7) is 13.0. The fourth-order valence-corrected chi connectivity index (χ4v) is 7.12. The highest BCUT2D eigenvalue weighted by Gasteiger charge is 2.28. The fourth-order valence-electron chi connectivity index (χ4n) is 7.12. The van der Waals surface area contributed by atoms with Crippen LogP contribution in [-0.2, 0) is 10.8 Å². The summed E-state index contributed by atoms with van der Waals surface area (Å²) in [6.07, 6.45) is 3.72. The quantitative estimate of drug-likeness (QED) is 0.187. The molecule has 5 aromatic carbocycles. The molecular weight excluding hydrogens is 661 g/mol. The summed E-state index contributed by atoms with van der Waals surface area (Å²) in [7, 11) is 0. The zero-order valence-electron chi connectivity index (χ0n) is 31.7. The van der Waals surface area contributed by atoms with Crippen LogP contribution < -0.4 is 0 Å². The lowest BCUT2D eigenvalue weighted by molar-refractivity contribution is 0.446. The maximum atomic E-state index is 12.0. The lowest BCUT2D eigenvalue weighted by Gasteiger charge is -2.27. The molecule has 0 unspecified atom stereocenters. The van der Waals surface area contributed by atoms with Gasteiger partial charge >= 0.3 is 0 Å². The Kier molecular flexibility index (Phi) is 8.74. The first-order valence-corrected chi connectivity index (χ1v) is 18.5. The summed E-state index contributed by atoms with van der Waals surface area (Å²) >= 11 is 0. The molecule has 0 amide bonds. The molecule has 0 atom stereocenters. The number of imidazole rings is 1. The highest BCUT2D eigenvalue weighted by molar-refractivity contribution is 5.94. The number of hydrogen-bond acceptors (Lipinski definition) is 4. The van der Waals surface area contributed by atoms with Gasteiger partial charge in [-0.1, -0.05) is 139 Å². The summed E-state index contributed by atoms with van der Waals surface area (Å²) < 4.78 is 2.15. The van der Waals surface area contributed by atoms with E-state index in [9.17, 15) is 5.11 Å². The van der Waals surface area contributed by atoms with Gasteiger partial charge in [0.15, 0.2) is 0 Å². The average Bonchev–Trinajstić information content (AvgIpc) is 3.57. The van der Waals surface area contributed by atoms with E-state index in [1.54, 1.807) is 0 Å². The number of nitrogens with zero attached hydrogens (tertiary/aromatic N) is 4. The number of aromatic nitrogens is 4. The standard InChI is InChI=1S/C49H44N4O/c1-48(2,3)38-30-40(46(54)41(31-38)49(4,5)6)47-52-45-43(53(47)39-18-11-8-12-19-39)25-27-51-44(45)37-17-13-16-36(28-37)42-29-35(24-26-50-42)34-22-20-33(21-23-34)32-14-9-7-10-15-32/h7-31,54H,1-6H3. The van der Waals surface area contributed by atoms with Gasteiger partial charge in [0, 0.05) is 34.8 Å². The number of fused-ring (bicyclic) bond motifs is 1. The normalized spacial score (nSPS) is 12.0. The number of rotatable bonds is 6. The zero-order valence-corrected chi connectivity index (χ0v) is 31.7. The molecule has 54 heavy (non-hydrogen) atoms. The Bertz CT molecular complexity index is 2610. The van der Waals surface area contributed by atoms with E-state index in [4.69, 9.17) is 15.0 Å². The third kappa shape index (κ3) is 6.58. The Balaban J connectivity index is 1.25. The van der Waals surface area contributed by atoms with E-state index in [0.717, 1.165) is 61.5 Å². The number of benzene rings is 5. The third-order valence-corrected chi connectivity index (χ3v) is 10.1. The van der Waals surface area contributed by atoms with Crippen molar-refractivity contribution in [3.05, 3.63) is 163 Å². The molecule has 8 rings (SSSR count). The highest BCUT2D eigenvalue weighted by atomic mass is 16.3. The minimum absolute atomic E-state index is 0.143. The predicted octanol–water partition coefficient (Wildman–Crippen LogP) is 12.5.